The number of ether oxygens (including phenoxy) is 2. The minimum atomic E-state index is -2.40. The van der Waals surface area contributed by atoms with E-state index in [1.54, 1.807) is 42.7 Å². The lowest BCUT2D eigenvalue weighted by molar-refractivity contribution is -0.825. The van der Waals surface area contributed by atoms with Crippen LogP contribution < -0.4 is 25.2 Å². The molecule has 16 heteroatoms. The Morgan fingerprint density at radius 3 is 2.63 bits per heavy atom. The summed E-state index contributed by atoms with van der Waals surface area (Å²) >= 11 is 0. The standard InChI is InChI=1S/C44H51FN8O6S/c1-28(2)44(55)53-26-32-19-33(45)4-3-30(32)20-35(53)27-51-13-15-52(16-14-51)34-5-7-38(41(22-34)59-36-21-31-9-12-46-42(31)48-25-36)43(54)50-60(57)37-6-8-39(40(23-37)49-56)47-24-29-10-17-58-18-11-29/h3-9,12,19,21-23,25,28-29,35,47,49,56H,10-11,13-18,20,24,26-27H2,1-2H3,(H,46,48)(H,50,54,57)/p+2/t35-,60?/m0/s1. The fraction of sp³-hybridized carbons (Fsp3) is 0.386. The van der Waals surface area contributed by atoms with Crippen LogP contribution in [-0.4, -0.2) is 95.3 Å². The molecule has 14 nitrogen and oxygen atoms in total. The third kappa shape index (κ3) is 9.48. The summed E-state index contributed by atoms with van der Waals surface area (Å²) in [6.45, 7) is 10.0. The number of carbonyl (C=O) groups excluding carboxylic acids is 2. The molecule has 6 N–H and O–H groups in total. The van der Waals surface area contributed by atoms with Gasteiger partial charge < -0.3 is 29.6 Å². The minimum Gasteiger partial charge on any atom is -0.455 e. The second-order valence-electron chi connectivity index (χ2n) is 16.1. The Morgan fingerprint density at radius 1 is 1.03 bits per heavy atom. The fourth-order valence-corrected chi connectivity index (χ4v) is 9.21. The maximum absolute atomic E-state index is 14.1. The molecule has 0 spiro atoms. The highest BCUT2D eigenvalue weighted by Gasteiger charge is 2.33. The number of pyridine rings is 1. The maximum Gasteiger partial charge on any atom is 0.295 e. The first-order valence-corrected chi connectivity index (χ1v) is 21.9. The van der Waals surface area contributed by atoms with Crippen LogP contribution in [0, 0.1) is 17.7 Å². The molecular weight excluding hydrogens is 788 g/mol. The Morgan fingerprint density at radius 2 is 1.85 bits per heavy atom. The number of aromatic nitrogens is 2. The van der Waals surface area contributed by atoms with E-state index in [0.717, 1.165) is 73.4 Å². The van der Waals surface area contributed by atoms with E-state index in [4.69, 9.17) is 9.47 Å². The number of amides is 2. The Labute approximate surface area is 351 Å². The van der Waals surface area contributed by atoms with Crippen molar-refractivity contribution in [1.29, 1.82) is 0 Å². The largest absolute Gasteiger partial charge is 0.455 e. The first-order valence-electron chi connectivity index (χ1n) is 20.6. The van der Waals surface area contributed by atoms with Crippen LogP contribution in [0.2, 0.25) is 0 Å². The molecule has 2 atom stereocenters. The molecule has 2 amide bonds. The number of piperazine rings is 1. The highest BCUT2D eigenvalue weighted by molar-refractivity contribution is 7.83. The van der Waals surface area contributed by atoms with Gasteiger partial charge in [0.25, 0.3) is 5.91 Å². The molecular formula is C44H53FN8O6S+2. The summed E-state index contributed by atoms with van der Waals surface area (Å²) in [5.41, 5.74) is 5.87. The lowest BCUT2D eigenvalue weighted by Gasteiger charge is -2.43. The van der Waals surface area contributed by atoms with Crippen LogP contribution in [0.3, 0.4) is 0 Å². The predicted molar refractivity (Wildman–Crippen MR) is 228 cm³/mol. The molecule has 60 heavy (non-hydrogen) atoms. The number of rotatable bonds is 13. The fourth-order valence-electron chi connectivity index (χ4n) is 8.31. The second-order valence-corrected chi connectivity index (χ2v) is 17.4. The van der Waals surface area contributed by atoms with Crippen LogP contribution in [0.4, 0.5) is 21.5 Å². The first kappa shape index (κ1) is 41.3. The number of H-pyrrole nitrogens is 1. The summed E-state index contributed by atoms with van der Waals surface area (Å²) < 4.78 is 42.2. The van der Waals surface area contributed by atoms with Crippen LogP contribution in [0.1, 0.15) is 48.2 Å². The zero-order valence-electron chi connectivity index (χ0n) is 33.9. The van der Waals surface area contributed by atoms with E-state index >= 15 is 0 Å². The van der Waals surface area contributed by atoms with Crippen molar-refractivity contribution in [3.05, 3.63) is 102 Å². The van der Waals surface area contributed by atoms with E-state index in [0.29, 0.717) is 66.2 Å². The van der Waals surface area contributed by atoms with Crippen molar-refractivity contribution < 1.29 is 38.3 Å². The number of hydrogen-bond acceptors (Lipinski definition) is 10. The molecule has 0 saturated carbocycles. The molecule has 2 saturated heterocycles. The summed E-state index contributed by atoms with van der Waals surface area (Å²) in [5, 5.41) is 14.3. The van der Waals surface area contributed by atoms with Crippen molar-refractivity contribution in [1.82, 2.24) is 24.5 Å². The minimum absolute atomic E-state index is 0.0233. The van der Waals surface area contributed by atoms with Crippen molar-refractivity contribution in [3.63, 3.8) is 0 Å². The SMILES string of the molecule is CC(C)C(=O)N1Cc2cc(F)ccc2C[C@H]1CN1CCN(c2ccc(C(=O)N[SH+](=O)c3ccc(NCC4CCOCC4)c([NH2+]O)c3)c(Oc3cnc4[nH]ccc4c3)c2)CC1. The van der Waals surface area contributed by atoms with Crippen LogP contribution in [-0.2, 0) is 37.7 Å². The van der Waals surface area contributed by atoms with Gasteiger partial charge >= 0.3 is 0 Å². The highest BCUT2D eigenvalue weighted by Crippen LogP contribution is 2.33. The molecule has 0 radical (unpaired) electrons. The van der Waals surface area contributed by atoms with E-state index in [2.05, 4.69) is 29.8 Å². The lowest BCUT2D eigenvalue weighted by Crippen LogP contribution is -2.74. The van der Waals surface area contributed by atoms with E-state index in [1.165, 1.54) is 6.07 Å². The molecule has 3 aliphatic heterocycles. The monoisotopic (exact) mass is 840 g/mol. The average Bonchev–Trinajstić information content (AvgIpc) is 3.74. The van der Waals surface area contributed by atoms with Crippen molar-refractivity contribution >= 4 is 50.9 Å². The van der Waals surface area contributed by atoms with Gasteiger partial charge in [0.1, 0.15) is 23.0 Å². The summed E-state index contributed by atoms with van der Waals surface area (Å²) in [5.74, 6) is 0.219. The van der Waals surface area contributed by atoms with E-state index in [9.17, 15) is 23.4 Å². The number of thiol groups is 1. The zero-order chi connectivity index (χ0) is 41.8. The van der Waals surface area contributed by atoms with E-state index in [1.807, 2.05) is 49.1 Å². The third-order valence-corrected chi connectivity index (χ3v) is 12.9. The molecule has 1 unspecified atom stereocenters. The van der Waals surface area contributed by atoms with Crippen LogP contribution in [0.5, 0.6) is 11.5 Å². The van der Waals surface area contributed by atoms with Gasteiger partial charge in [-0.1, -0.05) is 24.1 Å². The summed E-state index contributed by atoms with van der Waals surface area (Å²) in [6, 6.07) is 19.0. The first-order chi connectivity index (χ1) is 29.1. The smallest absolute Gasteiger partial charge is 0.295 e. The Balaban J connectivity index is 0.966. The normalized spacial score (nSPS) is 18.1. The number of fused-ring (bicyclic) bond motifs is 2. The number of carbonyl (C=O) groups is 2. The highest BCUT2D eigenvalue weighted by atomic mass is 32.2. The molecule has 0 bridgehead atoms. The number of nitrogens with zero attached hydrogens (tertiary/aromatic N) is 4. The van der Waals surface area contributed by atoms with Gasteiger partial charge in [-0.3, -0.25) is 14.5 Å². The predicted octanol–water partition coefficient (Wildman–Crippen LogP) is 5.05. The number of nitrogens with one attached hydrogen (secondary N) is 3. The van der Waals surface area contributed by atoms with Gasteiger partial charge in [-0.2, -0.15) is 10.2 Å². The Bertz CT molecular complexity index is 2360. The second kappa shape index (κ2) is 18.5. The summed E-state index contributed by atoms with van der Waals surface area (Å²) in [6.07, 6.45) is 5.98. The van der Waals surface area contributed by atoms with Gasteiger partial charge in [-0.05, 0) is 84.8 Å². The average molecular weight is 841 g/mol. The van der Waals surface area contributed by atoms with Gasteiger partial charge in [0.2, 0.25) is 5.91 Å². The van der Waals surface area contributed by atoms with Crippen molar-refractivity contribution in [2.45, 2.75) is 50.6 Å². The number of hydrogen-bond donors (Lipinski definition) is 5. The summed E-state index contributed by atoms with van der Waals surface area (Å²) in [4.78, 5) is 41.7. The number of benzene rings is 3. The molecule has 2 aromatic heterocycles. The van der Waals surface area contributed by atoms with Gasteiger partial charge in [0.15, 0.2) is 21.6 Å². The van der Waals surface area contributed by atoms with Crippen LogP contribution in [0.25, 0.3) is 11.0 Å². The topological polar surface area (TPSA) is 169 Å². The van der Waals surface area contributed by atoms with Gasteiger partial charge in [0.05, 0.1) is 23.5 Å². The number of halogens is 1. The van der Waals surface area contributed by atoms with Crippen molar-refractivity contribution in [3.8, 4) is 11.5 Å². The van der Waals surface area contributed by atoms with Crippen molar-refractivity contribution in [2.24, 2.45) is 11.8 Å². The maximum atomic E-state index is 14.1. The molecule has 3 aliphatic rings. The molecule has 3 aromatic carbocycles. The molecule has 2 fully saturated rings. The van der Waals surface area contributed by atoms with Gasteiger partial charge in [-0.25, -0.2) is 14.6 Å². The van der Waals surface area contributed by atoms with E-state index in [-0.39, 0.29) is 35.0 Å². The number of anilines is 2. The Kier molecular flexibility index (Phi) is 12.7. The number of nitrogens with two attached hydrogens (primary N) is 1. The van der Waals surface area contributed by atoms with Crippen LogP contribution >= 0.6 is 0 Å². The molecule has 316 valence electrons. The van der Waals surface area contributed by atoms with Crippen molar-refractivity contribution in [2.75, 3.05) is 62.7 Å². The number of quaternary nitrogens is 1. The molecule has 0 aliphatic carbocycles. The quantitative estimate of drug-likeness (QED) is 0.0469. The molecule has 8 rings (SSSR count). The van der Waals surface area contributed by atoms with Gasteiger partial charge in [-0.15, -0.1) is 0 Å². The van der Waals surface area contributed by atoms with E-state index < -0.39 is 16.9 Å². The van der Waals surface area contributed by atoms with Gasteiger partial charge in [0, 0.05) is 94.3 Å². The molecule has 5 aromatic rings. The zero-order valence-corrected chi connectivity index (χ0v) is 34.8. The molecule has 5 heterocycles. The summed E-state index contributed by atoms with van der Waals surface area (Å²) in [7, 11) is -2.40. The number of aromatic amines is 1. The lowest BCUT2D eigenvalue weighted by atomic mass is 9.92. The third-order valence-electron chi connectivity index (χ3n) is 11.7. The Hall–Kier alpha value is -5.39. The van der Waals surface area contributed by atoms with Crippen LogP contribution in [0.15, 0.2) is 84.0 Å².